The molecule has 0 unspecified atom stereocenters. The van der Waals surface area contributed by atoms with Gasteiger partial charge in [0.05, 0.1) is 0 Å². The van der Waals surface area contributed by atoms with E-state index in [1.165, 1.54) is 0 Å². The highest BCUT2D eigenvalue weighted by Gasteiger charge is 2.15. The zero-order valence-electron chi connectivity index (χ0n) is 21.4. The Bertz CT molecular complexity index is 1570. The molecule has 0 spiro atoms. The first kappa shape index (κ1) is 24.0. The fraction of sp³-hybridized carbons (Fsp3) is 0.111. The summed E-state index contributed by atoms with van der Waals surface area (Å²) in [5.74, 6) is 13.9. The maximum Gasteiger partial charge on any atom is 0.127 e. The van der Waals surface area contributed by atoms with Crippen LogP contribution in [0.25, 0.3) is 24.0 Å². The van der Waals surface area contributed by atoms with Crippen LogP contribution in [-0.2, 0) is 4.74 Å². The van der Waals surface area contributed by atoms with Crippen molar-refractivity contribution in [2.75, 3.05) is 0 Å². The summed E-state index contributed by atoms with van der Waals surface area (Å²) in [6.07, 6.45) is 6.30. The molecule has 0 amide bonds. The first-order valence-corrected chi connectivity index (χ1v) is 12.4. The maximum absolute atomic E-state index is 6.35. The Balaban J connectivity index is 1.57. The maximum atomic E-state index is 6.35. The molecule has 8 bridgehead atoms. The van der Waals surface area contributed by atoms with E-state index in [9.17, 15) is 0 Å². The molecule has 1 heteroatoms. The van der Waals surface area contributed by atoms with Gasteiger partial charge in [-0.05, 0) is 92.1 Å². The lowest BCUT2D eigenvalue weighted by atomic mass is 10.0. The molecular weight excluding hydrogens is 448 g/mol. The number of benzene rings is 4. The number of hydrogen-bond acceptors (Lipinski definition) is 1. The molecule has 0 heterocycles. The highest BCUT2D eigenvalue weighted by molar-refractivity contribution is 5.78. The lowest BCUT2D eigenvalue weighted by molar-refractivity contribution is 0.0982. The van der Waals surface area contributed by atoms with Crippen molar-refractivity contribution in [1.82, 2.24) is 0 Å². The number of hydrogen-bond donors (Lipinski definition) is 0. The van der Waals surface area contributed by atoms with Crippen LogP contribution in [0.2, 0.25) is 0 Å². The quantitative estimate of drug-likeness (QED) is 0.251. The monoisotopic (exact) mass is 476 g/mol. The molecule has 4 aromatic carbocycles. The zero-order chi connectivity index (χ0) is 25.7. The summed E-state index contributed by atoms with van der Waals surface area (Å²) >= 11 is 0. The molecule has 0 saturated carbocycles. The van der Waals surface area contributed by atoms with Gasteiger partial charge in [-0.15, -0.1) is 0 Å². The van der Waals surface area contributed by atoms with E-state index in [0.717, 1.165) is 50.3 Å². The van der Waals surface area contributed by atoms with E-state index in [1.807, 2.05) is 24.3 Å². The minimum absolute atomic E-state index is 0.324. The van der Waals surface area contributed by atoms with Crippen molar-refractivity contribution in [3.63, 3.8) is 0 Å². The fourth-order valence-corrected chi connectivity index (χ4v) is 3.87. The molecule has 0 saturated heterocycles. The van der Waals surface area contributed by atoms with Gasteiger partial charge in [0.1, 0.15) is 11.4 Å². The minimum Gasteiger partial charge on any atom is -0.488 e. The Morgan fingerprint density at radius 2 is 0.811 bits per heavy atom. The SMILES string of the molecule is CC(C)(C)O/C1=C/c2ccc(cc2)C#Cc2ccc(cc2)/C=C\c2ccc(cc2)C#Cc2ccc1cc2. The molecule has 0 fully saturated rings. The van der Waals surface area contributed by atoms with Crippen molar-refractivity contribution >= 4 is 24.0 Å². The Morgan fingerprint density at radius 1 is 0.459 bits per heavy atom. The molecule has 178 valence electrons. The van der Waals surface area contributed by atoms with Crippen LogP contribution in [0.3, 0.4) is 0 Å². The molecule has 7 aliphatic rings. The van der Waals surface area contributed by atoms with Gasteiger partial charge < -0.3 is 4.74 Å². The van der Waals surface area contributed by atoms with Crippen LogP contribution in [0.5, 0.6) is 0 Å². The molecule has 0 N–H and O–H groups in total. The van der Waals surface area contributed by atoms with Crippen molar-refractivity contribution < 1.29 is 4.74 Å². The van der Waals surface area contributed by atoms with Crippen LogP contribution < -0.4 is 0 Å². The summed E-state index contributed by atoms with van der Waals surface area (Å²) in [6, 6.07) is 33.1. The van der Waals surface area contributed by atoms with Crippen LogP contribution in [0, 0.1) is 23.7 Å². The average Bonchev–Trinajstić information content (AvgIpc) is 2.90. The van der Waals surface area contributed by atoms with E-state index in [2.05, 4.69) is 135 Å². The van der Waals surface area contributed by atoms with Gasteiger partial charge in [-0.3, -0.25) is 0 Å². The van der Waals surface area contributed by atoms with Crippen LogP contribution >= 0.6 is 0 Å². The van der Waals surface area contributed by atoms with Crippen LogP contribution in [0.15, 0.2) is 97.1 Å². The molecule has 4 aromatic rings. The van der Waals surface area contributed by atoms with Crippen molar-refractivity contribution in [3.05, 3.63) is 142 Å². The Morgan fingerprint density at radius 3 is 1.19 bits per heavy atom. The van der Waals surface area contributed by atoms with E-state index in [4.69, 9.17) is 4.74 Å². The van der Waals surface area contributed by atoms with Gasteiger partial charge in [0, 0.05) is 27.8 Å². The molecule has 37 heavy (non-hydrogen) atoms. The van der Waals surface area contributed by atoms with E-state index >= 15 is 0 Å². The topological polar surface area (TPSA) is 9.23 Å². The van der Waals surface area contributed by atoms with Crippen LogP contribution in [-0.4, -0.2) is 5.60 Å². The first-order valence-electron chi connectivity index (χ1n) is 12.4. The summed E-state index contributed by atoms with van der Waals surface area (Å²) in [5, 5.41) is 0. The largest absolute Gasteiger partial charge is 0.488 e. The number of rotatable bonds is 1. The van der Waals surface area contributed by atoms with Crippen molar-refractivity contribution in [2.45, 2.75) is 26.4 Å². The molecule has 0 radical (unpaired) electrons. The van der Waals surface area contributed by atoms with Gasteiger partial charge in [0.2, 0.25) is 0 Å². The third kappa shape index (κ3) is 6.70. The van der Waals surface area contributed by atoms with Gasteiger partial charge in [-0.1, -0.05) is 84.4 Å². The predicted molar refractivity (Wildman–Crippen MR) is 155 cm³/mol. The van der Waals surface area contributed by atoms with Gasteiger partial charge in [0.25, 0.3) is 0 Å². The van der Waals surface area contributed by atoms with Crippen molar-refractivity contribution in [1.29, 1.82) is 0 Å². The Labute approximate surface area is 220 Å². The summed E-state index contributed by atoms with van der Waals surface area (Å²) in [6.45, 7) is 6.18. The summed E-state index contributed by atoms with van der Waals surface area (Å²) in [4.78, 5) is 0. The molecule has 7 aliphatic carbocycles. The fourth-order valence-electron chi connectivity index (χ4n) is 3.87. The second kappa shape index (κ2) is 10.5. The summed E-state index contributed by atoms with van der Waals surface area (Å²) in [5.41, 5.74) is 7.92. The van der Waals surface area contributed by atoms with E-state index in [-0.39, 0.29) is 5.60 Å². The van der Waals surface area contributed by atoms with Gasteiger partial charge >= 0.3 is 0 Å². The zero-order valence-corrected chi connectivity index (χ0v) is 21.4. The van der Waals surface area contributed by atoms with Crippen LogP contribution in [0.4, 0.5) is 0 Å². The smallest absolute Gasteiger partial charge is 0.127 e. The second-order valence-electron chi connectivity index (χ2n) is 10.00. The lowest BCUT2D eigenvalue weighted by Crippen LogP contribution is -2.18. The average molecular weight is 477 g/mol. The highest BCUT2D eigenvalue weighted by Crippen LogP contribution is 2.26. The van der Waals surface area contributed by atoms with Gasteiger partial charge in [0.15, 0.2) is 0 Å². The van der Waals surface area contributed by atoms with E-state index < -0.39 is 0 Å². The Kier molecular flexibility index (Phi) is 6.81. The van der Waals surface area contributed by atoms with Crippen LogP contribution in [0.1, 0.15) is 65.3 Å². The second-order valence-corrected chi connectivity index (χ2v) is 10.00. The predicted octanol–water partition coefficient (Wildman–Crippen LogP) is 8.28. The molecular formula is C36H28O. The first-order chi connectivity index (χ1) is 17.9. The summed E-state index contributed by atoms with van der Waals surface area (Å²) in [7, 11) is 0. The third-order valence-electron chi connectivity index (χ3n) is 5.79. The number of ether oxygens (including phenoxy) is 1. The van der Waals surface area contributed by atoms with E-state index in [0.29, 0.717) is 0 Å². The molecule has 11 rings (SSSR count). The molecule has 0 aromatic heterocycles. The van der Waals surface area contributed by atoms with Crippen molar-refractivity contribution in [2.24, 2.45) is 0 Å². The summed E-state index contributed by atoms with van der Waals surface area (Å²) < 4.78 is 6.35. The third-order valence-corrected chi connectivity index (χ3v) is 5.79. The molecule has 0 atom stereocenters. The molecule has 1 nitrogen and oxygen atoms in total. The van der Waals surface area contributed by atoms with E-state index in [1.54, 1.807) is 0 Å². The van der Waals surface area contributed by atoms with Gasteiger partial charge in [-0.25, -0.2) is 0 Å². The molecule has 0 aliphatic heterocycles. The highest BCUT2D eigenvalue weighted by atomic mass is 16.5. The Hall–Kier alpha value is -4.72. The van der Waals surface area contributed by atoms with Crippen molar-refractivity contribution in [3.8, 4) is 23.7 Å². The van der Waals surface area contributed by atoms with Gasteiger partial charge in [-0.2, -0.15) is 0 Å². The lowest BCUT2D eigenvalue weighted by Gasteiger charge is -2.24. The minimum atomic E-state index is -0.324. The normalized spacial score (nSPS) is 14.5. The standard InChI is InChI=1S/C36H28O/c1-36(2,3)37-35-26-33-20-18-31(19-21-33)15-14-29-8-6-27(7-9-29)4-5-28-10-12-30(13-11-28)16-17-32-22-24-34(35)25-23-32/h4-13,18-26H,1-3H3/b5-4-,35-26+.